The minimum Gasteiger partial charge on any atom is -0.496 e. The van der Waals surface area contributed by atoms with Crippen LogP contribution in [-0.4, -0.2) is 30.1 Å². The SMILES string of the molecule is COc1ccc(C)cc1-c1[nH]c(=O)sc1CN1CCCC1. The minimum absolute atomic E-state index is 0.00255. The second-order valence-electron chi connectivity index (χ2n) is 5.50. The van der Waals surface area contributed by atoms with E-state index in [1.54, 1.807) is 7.11 Å². The zero-order valence-electron chi connectivity index (χ0n) is 12.4. The zero-order chi connectivity index (χ0) is 14.8. The van der Waals surface area contributed by atoms with Gasteiger partial charge in [-0.2, -0.15) is 0 Å². The van der Waals surface area contributed by atoms with Gasteiger partial charge in [0.15, 0.2) is 0 Å². The average molecular weight is 304 g/mol. The molecule has 1 N–H and O–H groups in total. The number of methoxy groups -OCH3 is 1. The molecule has 4 nitrogen and oxygen atoms in total. The fraction of sp³-hybridized carbons (Fsp3) is 0.438. The highest BCUT2D eigenvalue weighted by atomic mass is 32.1. The van der Waals surface area contributed by atoms with Crippen LogP contribution in [0, 0.1) is 6.92 Å². The number of aryl methyl sites for hydroxylation is 1. The molecule has 112 valence electrons. The summed E-state index contributed by atoms with van der Waals surface area (Å²) in [6.45, 7) is 5.14. The average Bonchev–Trinajstić information content (AvgIpc) is 3.09. The lowest BCUT2D eigenvalue weighted by atomic mass is 10.1. The van der Waals surface area contributed by atoms with Crippen molar-refractivity contribution in [1.29, 1.82) is 0 Å². The van der Waals surface area contributed by atoms with E-state index in [9.17, 15) is 4.79 Å². The molecular formula is C16H20N2O2S. The normalized spacial score (nSPS) is 15.5. The Bertz CT molecular complexity index is 684. The second kappa shape index (κ2) is 6.03. The van der Waals surface area contributed by atoms with E-state index in [1.807, 2.05) is 19.1 Å². The maximum atomic E-state index is 11.8. The monoisotopic (exact) mass is 304 g/mol. The van der Waals surface area contributed by atoms with Gasteiger partial charge < -0.3 is 9.72 Å². The van der Waals surface area contributed by atoms with E-state index in [0.29, 0.717) is 0 Å². The highest BCUT2D eigenvalue weighted by molar-refractivity contribution is 7.09. The molecule has 0 unspecified atom stereocenters. The Morgan fingerprint density at radius 1 is 1.33 bits per heavy atom. The third-order valence-electron chi connectivity index (χ3n) is 3.91. The molecule has 5 heteroatoms. The summed E-state index contributed by atoms with van der Waals surface area (Å²) < 4.78 is 5.46. The van der Waals surface area contributed by atoms with Crippen LogP contribution in [0.4, 0.5) is 0 Å². The Balaban J connectivity index is 2.01. The van der Waals surface area contributed by atoms with Gasteiger partial charge in [-0.05, 0) is 45.0 Å². The number of aromatic amines is 1. The van der Waals surface area contributed by atoms with Crippen molar-refractivity contribution in [1.82, 2.24) is 9.88 Å². The molecule has 1 fully saturated rings. The van der Waals surface area contributed by atoms with Crippen molar-refractivity contribution >= 4 is 11.3 Å². The van der Waals surface area contributed by atoms with E-state index in [4.69, 9.17) is 4.74 Å². The lowest BCUT2D eigenvalue weighted by Gasteiger charge is -2.15. The summed E-state index contributed by atoms with van der Waals surface area (Å²) in [4.78, 5) is 18.4. The lowest BCUT2D eigenvalue weighted by molar-refractivity contribution is 0.334. The Hall–Kier alpha value is -1.59. The van der Waals surface area contributed by atoms with Crippen LogP contribution in [0.2, 0.25) is 0 Å². The van der Waals surface area contributed by atoms with Crippen molar-refractivity contribution in [2.75, 3.05) is 20.2 Å². The molecule has 2 aromatic rings. The summed E-state index contributed by atoms with van der Waals surface area (Å²) >= 11 is 1.31. The first kappa shape index (κ1) is 14.4. The van der Waals surface area contributed by atoms with Crippen LogP contribution >= 0.6 is 11.3 Å². The van der Waals surface area contributed by atoms with Crippen molar-refractivity contribution in [3.05, 3.63) is 38.3 Å². The zero-order valence-corrected chi connectivity index (χ0v) is 13.3. The number of hydrogen-bond donors (Lipinski definition) is 1. The van der Waals surface area contributed by atoms with E-state index < -0.39 is 0 Å². The number of nitrogens with zero attached hydrogens (tertiary/aromatic N) is 1. The molecule has 1 saturated heterocycles. The van der Waals surface area contributed by atoms with E-state index in [2.05, 4.69) is 16.0 Å². The fourth-order valence-electron chi connectivity index (χ4n) is 2.85. The smallest absolute Gasteiger partial charge is 0.305 e. The largest absolute Gasteiger partial charge is 0.496 e. The van der Waals surface area contributed by atoms with Gasteiger partial charge in [0, 0.05) is 17.0 Å². The summed E-state index contributed by atoms with van der Waals surface area (Å²) in [5, 5.41) is 0. The summed E-state index contributed by atoms with van der Waals surface area (Å²) in [5.74, 6) is 0.803. The van der Waals surface area contributed by atoms with Gasteiger partial charge in [-0.1, -0.05) is 23.0 Å². The van der Waals surface area contributed by atoms with Crippen LogP contribution in [0.15, 0.2) is 23.0 Å². The van der Waals surface area contributed by atoms with Crippen molar-refractivity contribution in [3.63, 3.8) is 0 Å². The molecule has 1 aromatic carbocycles. The topological polar surface area (TPSA) is 45.3 Å². The lowest BCUT2D eigenvalue weighted by Crippen LogP contribution is -2.18. The Kier molecular flexibility index (Phi) is 4.12. The van der Waals surface area contributed by atoms with Crippen LogP contribution in [0.25, 0.3) is 11.3 Å². The van der Waals surface area contributed by atoms with Gasteiger partial charge in [-0.25, -0.2) is 0 Å². The number of aromatic nitrogens is 1. The molecule has 21 heavy (non-hydrogen) atoms. The standard InChI is InChI=1S/C16H20N2O2S/c1-11-5-6-13(20-2)12(9-11)15-14(21-16(19)17-15)10-18-7-3-4-8-18/h5-6,9H,3-4,7-8,10H2,1-2H3,(H,17,19). The van der Waals surface area contributed by atoms with E-state index in [1.165, 1.54) is 24.2 Å². The van der Waals surface area contributed by atoms with Crippen LogP contribution in [0.3, 0.4) is 0 Å². The number of rotatable bonds is 4. The van der Waals surface area contributed by atoms with E-state index >= 15 is 0 Å². The molecule has 0 bridgehead atoms. The molecular weight excluding hydrogens is 284 g/mol. The van der Waals surface area contributed by atoms with Gasteiger partial charge in [0.2, 0.25) is 0 Å². The maximum Gasteiger partial charge on any atom is 0.305 e. The van der Waals surface area contributed by atoms with E-state index in [0.717, 1.165) is 47.1 Å². The predicted molar refractivity (Wildman–Crippen MR) is 86.2 cm³/mol. The van der Waals surface area contributed by atoms with Crippen LogP contribution in [0.5, 0.6) is 5.75 Å². The first-order chi connectivity index (χ1) is 10.2. The summed E-state index contributed by atoms with van der Waals surface area (Å²) in [5.41, 5.74) is 3.05. The van der Waals surface area contributed by atoms with E-state index in [-0.39, 0.29) is 4.87 Å². The first-order valence-electron chi connectivity index (χ1n) is 7.27. The number of H-pyrrole nitrogens is 1. The van der Waals surface area contributed by atoms with Crippen LogP contribution < -0.4 is 9.61 Å². The Labute approximate surface area is 128 Å². The summed E-state index contributed by atoms with van der Waals surface area (Å²) in [7, 11) is 1.67. The van der Waals surface area contributed by atoms with Crippen molar-refractivity contribution < 1.29 is 4.74 Å². The van der Waals surface area contributed by atoms with Crippen LogP contribution in [0.1, 0.15) is 23.3 Å². The predicted octanol–water partition coefficient (Wildman–Crippen LogP) is 3.02. The number of likely N-dealkylation sites (tertiary alicyclic amines) is 1. The Morgan fingerprint density at radius 3 is 2.81 bits per heavy atom. The summed E-state index contributed by atoms with van der Waals surface area (Å²) in [6.07, 6.45) is 2.50. The number of benzene rings is 1. The van der Waals surface area contributed by atoms with Gasteiger partial charge in [0.25, 0.3) is 0 Å². The minimum atomic E-state index is 0.00255. The maximum absolute atomic E-state index is 11.8. The second-order valence-corrected chi connectivity index (χ2v) is 6.57. The highest BCUT2D eigenvalue weighted by Gasteiger charge is 2.19. The highest BCUT2D eigenvalue weighted by Crippen LogP contribution is 2.33. The molecule has 0 atom stereocenters. The van der Waals surface area contributed by atoms with Crippen molar-refractivity contribution in [2.45, 2.75) is 26.3 Å². The molecule has 1 aliphatic rings. The molecule has 1 aromatic heterocycles. The number of ether oxygens (including phenoxy) is 1. The molecule has 0 saturated carbocycles. The molecule has 1 aliphatic heterocycles. The number of hydrogen-bond acceptors (Lipinski definition) is 4. The molecule has 0 aliphatic carbocycles. The van der Waals surface area contributed by atoms with Crippen molar-refractivity contribution in [2.24, 2.45) is 0 Å². The molecule has 0 radical (unpaired) electrons. The summed E-state index contributed by atoms with van der Waals surface area (Å²) in [6, 6.07) is 6.05. The number of thiazole rings is 1. The van der Waals surface area contributed by atoms with Gasteiger partial charge in [0.1, 0.15) is 5.75 Å². The molecule has 0 spiro atoms. The van der Waals surface area contributed by atoms with Gasteiger partial charge in [-0.3, -0.25) is 9.69 Å². The molecule has 0 amide bonds. The Morgan fingerprint density at radius 2 is 2.10 bits per heavy atom. The van der Waals surface area contributed by atoms with Gasteiger partial charge in [0.05, 0.1) is 12.8 Å². The van der Waals surface area contributed by atoms with Crippen LogP contribution in [-0.2, 0) is 6.54 Å². The third-order valence-corrected chi connectivity index (χ3v) is 4.78. The molecule has 3 rings (SSSR count). The number of nitrogens with one attached hydrogen (secondary N) is 1. The quantitative estimate of drug-likeness (QED) is 0.944. The first-order valence-corrected chi connectivity index (χ1v) is 8.08. The van der Waals surface area contributed by atoms with Crippen molar-refractivity contribution in [3.8, 4) is 17.0 Å². The molecule has 2 heterocycles. The van der Waals surface area contributed by atoms with Gasteiger partial charge >= 0.3 is 4.87 Å². The third kappa shape index (κ3) is 3.04. The van der Waals surface area contributed by atoms with Gasteiger partial charge in [-0.15, -0.1) is 0 Å². The fourth-order valence-corrected chi connectivity index (χ4v) is 3.74.